The number of fused-ring (bicyclic) bond motifs is 15. The van der Waals surface area contributed by atoms with Crippen molar-refractivity contribution in [1.82, 2.24) is 33.1 Å². The molecule has 6 heterocycles. The molecule has 1 unspecified atom stereocenters. The quantitative estimate of drug-likeness (QED) is 0.178. The predicted molar refractivity (Wildman–Crippen MR) is 257 cm³/mol. The minimum Gasteiger partial charge on any atom is -0.340 e. The van der Waals surface area contributed by atoms with Crippen molar-refractivity contribution in [3.63, 3.8) is 0 Å². The normalized spacial score (nSPS) is 14.2. The smallest absolute Gasteiger partial charge is 0.205 e. The summed E-state index contributed by atoms with van der Waals surface area (Å²) >= 11 is 0. The molecule has 1 aliphatic rings. The lowest BCUT2D eigenvalue weighted by Gasteiger charge is -2.28. The summed E-state index contributed by atoms with van der Waals surface area (Å²) in [5.74, 6) is 0.739. The molecule has 63 heavy (non-hydrogen) atoms. The van der Waals surface area contributed by atoms with Crippen molar-refractivity contribution in [2.75, 3.05) is 7.05 Å². The van der Waals surface area contributed by atoms with Gasteiger partial charge in [-0.15, -0.1) is 0 Å². The number of rotatable bonds is 4. The Hall–Kier alpha value is -8.49. The molecule has 0 saturated heterocycles. The van der Waals surface area contributed by atoms with E-state index in [2.05, 4.69) is 218 Å². The van der Waals surface area contributed by atoms with Crippen LogP contribution in [0, 0.1) is 0 Å². The third-order valence-electron chi connectivity index (χ3n) is 13.2. The molecular formula is C55H36N8. The van der Waals surface area contributed by atoms with E-state index in [0.717, 1.165) is 66.4 Å². The Morgan fingerprint density at radius 3 is 1.51 bits per heavy atom. The van der Waals surface area contributed by atoms with Crippen LogP contribution >= 0.6 is 0 Å². The van der Waals surface area contributed by atoms with Crippen molar-refractivity contribution < 1.29 is 0 Å². The summed E-state index contributed by atoms with van der Waals surface area (Å²) in [7, 11) is 2.09. The van der Waals surface area contributed by atoms with Crippen molar-refractivity contribution in [3.05, 3.63) is 199 Å². The molecule has 1 aliphatic heterocycles. The molecule has 1 atom stereocenters. The maximum absolute atomic E-state index is 5.42. The van der Waals surface area contributed by atoms with E-state index >= 15 is 0 Å². The van der Waals surface area contributed by atoms with E-state index in [0.29, 0.717) is 5.49 Å². The molecule has 8 nitrogen and oxygen atoms in total. The molecule has 0 N–H and O–H groups in total. The molecule has 0 saturated carbocycles. The molecule has 0 bridgehead atoms. The van der Waals surface area contributed by atoms with Crippen LogP contribution in [0.2, 0.25) is 0 Å². The highest BCUT2D eigenvalue weighted by atomic mass is 15.4. The van der Waals surface area contributed by atoms with E-state index in [1.54, 1.807) is 0 Å². The zero-order chi connectivity index (χ0) is 41.3. The third kappa shape index (κ3) is 4.66. The lowest BCUT2D eigenvalue weighted by atomic mass is 10.1. The van der Waals surface area contributed by atoms with Gasteiger partial charge in [-0.2, -0.15) is 0 Å². The third-order valence-corrected chi connectivity index (χ3v) is 13.2. The monoisotopic (exact) mass is 808 g/mol. The minimum absolute atomic E-state index is 0.401. The maximum Gasteiger partial charge on any atom is 0.205 e. The van der Waals surface area contributed by atoms with Crippen molar-refractivity contribution in [3.8, 4) is 17.2 Å². The van der Waals surface area contributed by atoms with Crippen LogP contribution < -0.4 is 10.8 Å². The van der Waals surface area contributed by atoms with Crippen LogP contribution in [0.25, 0.3) is 111 Å². The van der Waals surface area contributed by atoms with Crippen LogP contribution in [0.3, 0.4) is 0 Å². The molecule has 14 rings (SSSR count). The molecule has 296 valence electrons. The molecular weight excluding hydrogens is 773 g/mol. The first-order chi connectivity index (χ1) is 31.2. The maximum atomic E-state index is 5.42. The summed E-state index contributed by atoms with van der Waals surface area (Å²) in [4.78, 5) is 18.1. The Morgan fingerprint density at radius 2 is 0.889 bits per heavy atom. The number of hydrogen-bond donors (Lipinski definition) is 0. The van der Waals surface area contributed by atoms with Gasteiger partial charge in [-0.05, 0) is 54.6 Å². The zero-order valence-electron chi connectivity index (χ0n) is 34.1. The van der Waals surface area contributed by atoms with Gasteiger partial charge in [0, 0.05) is 67.7 Å². The lowest BCUT2D eigenvalue weighted by molar-refractivity contribution is 0.279. The molecule has 0 aliphatic carbocycles. The second-order valence-corrected chi connectivity index (χ2v) is 16.5. The lowest BCUT2D eigenvalue weighted by Crippen LogP contribution is -2.42. The van der Waals surface area contributed by atoms with Crippen molar-refractivity contribution in [2.24, 2.45) is 4.99 Å². The molecule has 8 heteroatoms. The van der Waals surface area contributed by atoms with Gasteiger partial charge >= 0.3 is 0 Å². The highest BCUT2D eigenvalue weighted by Crippen LogP contribution is 2.44. The van der Waals surface area contributed by atoms with Gasteiger partial charge in [0.25, 0.3) is 0 Å². The molecule has 13 aromatic rings. The van der Waals surface area contributed by atoms with Crippen molar-refractivity contribution in [1.29, 1.82) is 0 Å². The highest BCUT2D eigenvalue weighted by molar-refractivity contribution is 6.26. The second kappa shape index (κ2) is 12.8. The summed E-state index contributed by atoms with van der Waals surface area (Å²) in [6, 6.07) is 65.1. The summed E-state index contributed by atoms with van der Waals surface area (Å²) < 4.78 is 9.47. The average molecular weight is 809 g/mol. The first-order valence-corrected chi connectivity index (χ1v) is 21.4. The van der Waals surface area contributed by atoms with Gasteiger partial charge in [0.2, 0.25) is 6.29 Å². The fourth-order valence-corrected chi connectivity index (χ4v) is 10.6. The zero-order valence-corrected chi connectivity index (χ0v) is 34.1. The number of nitrogens with zero attached hydrogens (tertiary/aromatic N) is 8. The standard InChI is InChI=1S/C55H36N8/c1-59-33-43-54(58-55(59)62-47-27-15-11-23-42(47)50-48(62)31-30-39-36-20-8-12-24-44(36)60(51(39)50)34-16-4-2-5-17-34)56-32-49(57-43)63-46-26-14-10-22-38(46)41-29-28-40-37-21-9-13-25-45(37)61(52(40)53(41)63)35-18-6-3-7-19-35/h2-33,55H,1H3. The summed E-state index contributed by atoms with van der Waals surface area (Å²) in [5, 5.41) is 10.3. The fourth-order valence-electron chi connectivity index (χ4n) is 10.6. The molecule has 5 aromatic heterocycles. The number of para-hydroxylation sites is 6. The summed E-state index contributed by atoms with van der Waals surface area (Å²) in [6.45, 7) is 0. The minimum atomic E-state index is -0.401. The highest BCUT2D eigenvalue weighted by Gasteiger charge is 2.27. The van der Waals surface area contributed by atoms with Gasteiger partial charge in [0.1, 0.15) is 5.35 Å². The van der Waals surface area contributed by atoms with Crippen LogP contribution in [-0.2, 0) is 0 Å². The first kappa shape index (κ1) is 34.2. The van der Waals surface area contributed by atoms with E-state index < -0.39 is 6.29 Å². The van der Waals surface area contributed by atoms with Gasteiger partial charge in [0.05, 0.1) is 50.3 Å². The van der Waals surface area contributed by atoms with Gasteiger partial charge in [-0.1, -0.05) is 127 Å². The fraction of sp³-hybridized carbons (Fsp3) is 0.0364. The Morgan fingerprint density at radius 1 is 0.413 bits per heavy atom. The van der Waals surface area contributed by atoms with Crippen LogP contribution in [-0.4, -0.2) is 40.2 Å². The first-order valence-electron chi connectivity index (χ1n) is 21.4. The molecule has 0 fully saturated rings. The Bertz CT molecular complexity index is 4170. The van der Waals surface area contributed by atoms with E-state index in [9.17, 15) is 0 Å². The number of benzene rings is 8. The summed E-state index contributed by atoms with van der Waals surface area (Å²) in [6.07, 6.45) is 3.60. The summed E-state index contributed by atoms with van der Waals surface area (Å²) in [5.41, 5.74) is 11.9. The van der Waals surface area contributed by atoms with Gasteiger partial charge in [0.15, 0.2) is 11.3 Å². The van der Waals surface area contributed by atoms with Crippen LogP contribution in [0.4, 0.5) is 0 Å². The van der Waals surface area contributed by atoms with E-state index in [1.807, 2.05) is 6.20 Å². The van der Waals surface area contributed by atoms with Crippen LogP contribution in [0.15, 0.2) is 193 Å². The molecule has 0 spiro atoms. The molecule has 0 radical (unpaired) electrons. The largest absolute Gasteiger partial charge is 0.340 e. The molecule has 0 amide bonds. The molecule has 8 aromatic carbocycles. The van der Waals surface area contributed by atoms with Gasteiger partial charge in [-0.25, -0.2) is 15.0 Å². The van der Waals surface area contributed by atoms with E-state index in [4.69, 9.17) is 15.0 Å². The number of aromatic nitrogens is 6. The topological polar surface area (TPSA) is 61.1 Å². The number of hydrogen-bond acceptors (Lipinski definition) is 4. The Labute approximate surface area is 359 Å². The van der Waals surface area contributed by atoms with Crippen LogP contribution in [0.1, 0.15) is 6.29 Å². The SMILES string of the molecule is CN1C=c2nc(-n3c4ccccc4c4ccc5c6ccccc6n(-c6ccccc6)c5c43)cnc2=NC1n1c2ccccc2c2c3c(ccc21)c1ccccc1n3-c1ccccc1. The van der Waals surface area contributed by atoms with Gasteiger partial charge < -0.3 is 18.6 Å². The van der Waals surface area contributed by atoms with E-state index in [1.165, 1.54) is 43.4 Å². The second-order valence-electron chi connectivity index (χ2n) is 16.5. The average Bonchev–Trinajstić information content (AvgIpc) is 4.07. The van der Waals surface area contributed by atoms with Crippen LogP contribution in [0.5, 0.6) is 0 Å². The van der Waals surface area contributed by atoms with Crippen molar-refractivity contribution >= 4 is 93.4 Å². The Kier molecular flexibility index (Phi) is 6.94. The predicted octanol–water partition coefficient (Wildman–Crippen LogP) is 11.3. The Balaban J connectivity index is 1.01. The van der Waals surface area contributed by atoms with E-state index in [-0.39, 0.29) is 0 Å². The van der Waals surface area contributed by atoms with Crippen molar-refractivity contribution in [2.45, 2.75) is 6.29 Å². The van der Waals surface area contributed by atoms with Gasteiger partial charge in [-0.3, -0.25) is 4.57 Å².